The number of ether oxygens (including phenoxy) is 1. The molecule has 1 heterocycles. The number of rotatable bonds is 5. The lowest BCUT2D eigenvalue weighted by Crippen LogP contribution is -2.33. The van der Waals surface area contributed by atoms with Gasteiger partial charge in [-0.25, -0.2) is 22.9 Å². The fourth-order valence-corrected chi connectivity index (χ4v) is 3.00. The zero-order chi connectivity index (χ0) is 23.6. The topological polar surface area (TPSA) is 96.1 Å². The predicted octanol–water partition coefficient (Wildman–Crippen LogP) is 4.95. The molecule has 32 heavy (non-hydrogen) atoms. The molecule has 2 amide bonds. The molecule has 0 aliphatic rings. The maximum Gasteiger partial charge on any atom is 0.407 e. The molecular weight excluding hydrogens is 449 g/mol. The normalized spacial score (nSPS) is 11.5. The minimum absolute atomic E-state index is 0.0260. The number of aromatic nitrogens is 2. The number of carbonyl (C=O) groups is 2. The molecule has 0 fully saturated rings. The zero-order valence-corrected chi connectivity index (χ0v) is 18.2. The molecule has 3 aromatic rings. The van der Waals surface area contributed by atoms with Crippen molar-refractivity contribution in [2.45, 2.75) is 32.8 Å². The monoisotopic (exact) mass is 468 g/mol. The van der Waals surface area contributed by atoms with Crippen LogP contribution in [0.1, 0.15) is 37.0 Å². The summed E-state index contributed by atoms with van der Waals surface area (Å²) in [6.07, 6.45) is -0.493. The molecule has 7 nitrogen and oxygen atoms in total. The molecule has 11 heteroatoms. The second-order valence-electron chi connectivity index (χ2n) is 7.89. The summed E-state index contributed by atoms with van der Waals surface area (Å²) < 4.78 is 46.8. The summed E-state index contributed by atoms with van der Waals surface area (Å²) >= 11 is 5.70. The summed E-state index contributed by atoms with van der Waals surface area (Å²) in [5, 5.41) is 4.77. The zero-order valence-electron chi connectivity index (χ0n) is 17.4. The Morgan fingerprint density at radius 3 is 2.53 bits per heavy atom. The lowest BCUT2D eigenvalue weighted by molar-refractivity contribution is 0.0528. The van der Waals surface area contributed by atoms with Crippen LogP contribution in [0.25, 0.3) is 11.0 Å². The van der Waals surface area contributed by atoms with Gasteiger partial charge in [0, 0.05) is 18.7 Å². The van der Waals surface area contributed by atoms with E-state index in [4.69, 9.17) is 16.3 Å². The number of nitrogens with one attached hydrogen (secondary N) is 3. The molecule has 2 aromatic carbocycles. The van der Waals surface area contributed by atoms with E-state index in [-0.39, 0.29) is 46.1 Å². The molecule has 0 unspecified atom stereocenters. The number of hydrogen-bond donors (Lipinski definition) is 3. The summed E-state index contributed by atoms with van der Waals surface area (Å²) in [7, 11) is 0. The van der Waals surface area contributed by atoms with E-state index < -0.39 is 35.1 Å². The van der Waals surface area contributed by atoms with Crippen LogP contribution in [-0.4, -0.2) is 34.1 Å². The van der Waals surface area contributed by atoms with Crippen LogP contribution in [0.5, 0.6) is 0 Å². The molecule has 0 saturated carbocycles. The molecule has 0 aliphatic heterocycles. The molecule has 0 aliphatic carbocycles. The first-order valence-electron chi connectivity index (χ1n) is 9.54. The fraction of sp³-hybridized carbons (Fsp3) is 0.286. The number of fused-ring (bicyclic) bond motifs is 1. The van der Waals surface area contributed by atoms with Crippen LogP contribution in [-0.2, 0) is 11.2 Å². The van der Waals surface area contributed by atoms with Gasteiger partial charge in [0.15, 0.2) is 11.6 Å². The van der Waals surface area contributed by atoms with Gasteiger partial charge in [-0.05, 0) is 45.0 Å². The summed E-state index contributed by atoms with van der Waals surface area (Å²) in [6, 6.07) is 4.26. The molecule has 1 aromatic heterocycles. The Kier molecular flexibility index (Phi) is 6.63. The van der Waals surface area contributed by atoms with Crippen molar-refractivity contribution in [3.8, 4) is 0 Å². The van der Waals surface area contributed by atoms with Crippen LogP contribution in [0.4, 0.5) is 23.7 Å². The van der Waals surface area contributed by atoms with Crippen molar-refractivity contribution >= 4 is 40.3 Å². The average Bonchev–Trinajstić information content (AvgIpc) is 3.10. The van der Waals surface area contributed by atoms with Gasteiger partial charge in [-0.3, -0.25) is 4.79 Å². The van der Waals surface area contributed by atoms with Crippen molar-refractivity contribution in [2.75, 3.05) is 11.9 Å². The Morgan fingerprint density at radius 2 is 1.88 bits per heavy atom. The van der Waals surface area contributed by atoms with Crippen molar-refractivity contribution in [1.82, 2.24) is 15.3 Å². The van der Waals surface area contributed by atoms with Crippen molar-refractivity contribution in [3.05, 3.63) is 58.1 Å². The summed E-state index contributed by atoms with van der Waals surface area (Å²) in [4.78, 5) is 31.2. The maximum absolute atomic E-state index is 14.3. The molecule has 0 bridgehead atoms. The number of H-pyrrole nitrogens is 1. The van der Waals surface area contributed by atoms with E-state index in [1.54, 1.807) is 20.8 Å². The molecule has 3 N–H and O–H groups in total. The highest BCUT2D eigenvalue weighted by Gasteiger charge is 2.21. The van der Waals surface area contributed by atoms with E-state index in [9.17, 15) is 22.8 Å². The number of carbonyl (C=O) groups excluding carboxylic acids is 2. The summed E-state index contributed by atoms with van der Waals surface area (Å²) in [5.41, 5.74) is -1.10. The molecular formula is C21H20ClF3N4O3. The van der Waals surface area contributed by atoms with Crippen molar-refractivity contribution in [1.29, 1.82) is 0 Å². The summed E-state index contributed by atoms with van der Waals surface area (Å²) in [5.74, 6) is -3.70. The van der Waals surface area contributed by atoms with Crippen LogP contribution < -0.4 is 10.6 Å². The highest BCUT2D eigenvalue weighted by atomic mass is 35.5. The Bertz CT molecular complexity index is 1190. The lowest BCUT2D eigenvalue weighted by atomic mass is 10.1. The molecule has 0 spiro atoms. The third-order valence-electron chi connectivity index (χ3n) is 4.16. The van der Waals surface area contributed by atoms with Gasteiger partial charge in [-0.2, -0.15) is 0 Å². The van der Waals surface area contributed by atoms with Gasteiger partial charge in [0.1, 0.15) is 22.8 Å². The number of nitrogens with zero attached hydrogens (tertiary/aromatic N) is 1. The largest absolute Gasteiger partial charge is 0.444 e. The third-order valence-corrected chi connectivity index (χ3v) is 4.45. The van der Waals surface area contributed by atoms with E-state index in [0.717, 1.165) is 12.1 Å². The second kappa shape index (κ2) is 9.07. The van der Waals surface area contributed by atoms with Gasteiger partial charge in [-0.15, -0.1) is 0 Å². The van der Waals surface area contributed by atoms with E-state index in [2.05, 4.69) is 20.6 Å². The number of alkyl carbamates (subject to hydrolysis) is 1. The minimum atomic E-state index is -1.26. The first-order valence-corrected chi connectivity index (χ1v) is 9.92. The van der Waals surface area contributed by atoms with E-state index in [0.29, 0.717) is 0 Å². The van der Waals surface area contributed by atoms with Gasteiger partial charge in [0.2, 0.25) is 0 Å². The van der Waals surface area contributed by atoms with Crippen molar-refractivity contribution < 1.29 is 27.5 Å². The molecule has 3 rings (SSSR count). The van der Waals surface area contributed by atoms with Crippen LogP contribution >= 0.6 is 11.6 Å². The second-order valence-corrected chi connectivity index (χ2v) is 8.30. The number of aromatic amines is 1. The number of hydrogen-bond acceptors (Lipinski definition) is 4. The quantitative estimate of drug-likeness (QED) is 0.493. The standard InChI is InChI=1S/C21H20ClF3N4O3/c1-21(2,3)32-20(31)26-7-6-15-28-17-11(9-14(24)16(25)18(17)29-15)19(30)27-10-4-5-13(23)12(22)8-10/h4-5,8-9H,6-7H2,1-3H3,(H,26,31)(H,27,30)(H,28,29). The minimum Gasteiger partial charge on any atom is -0.444 e. The Morgan fingerprint density at radius 1 is 1.16 bits per heavy atom. The Labute approximate surface area is 186 Å². The summed E-state index contributed by atoms with van der Waals surface area (Å²) in [6.45, 7) is 5.26. The number of imidazole rings is 1. The maximum atomic E-state index is 14.3. The Hall–Kier alpha value is -3.27. The SMILES string of the molecule is CC(C)(C)OC(=O)NCCc1nc2c(F)c(F)cc(C(=O)Nc3ccc(F)c(Cl)c3)c2[nH]1. The van der Waals surface area contributed by atoms with E-state index in [1.807, 2.05) is 0 Å². The van der Waals surface area contributed by atoms with Crippen LogP contribution in [0.15, 0.2) is 24.3 Å². The van der Waals surface area contributed by atoms with Crippen LogP contribution in [0.2, 0.25) is 5.02 Å². The highest BCUT2D eigenvalue weighted by Crippen LogP contribution is 2.25. The molecule has 170 valence electrons. The van der Waals surface area contributed by atoms with Crippen molar-refractivity contribution in [2.24, 2.45) is 0 Å². The first kappa shape index (κ1) is 23.4. The molecule has 0 atom stereocenters. The predicted molar refractivity (Wildman–Crippen MR) is 113 cm³/mol. The smallest absolute Gasteiger partial charge is 0.407 e. The molecule has 0 radical (unpaired) electrons. The van der Waals surface area contributed by atoms with Gasteiger partial charge in [-0.1, -0.05) is 11.6 Å². The van der Waals surface area contributed by atoms with E-state index >= 15 is 0 Å². The number of anilines is 1. The van der Waals surface area contributed by atoms with Gasteiger partial charge in [0.05, 0.1) is 16.1 Å². The highest BCUT2D eigenvalue weighted by molar-refractivity contribution is 6.31. The average molecular weight is 469 g/mol. The van der Waals surface area contributed by atoms with E-state index in [1.165, 1.54) is 12.1 Å². The van der Waals surface area contributed by atoms with Crippen LogP contribution in [0, 0.1) is 17.5 Å². The fourth-order valence-electron chi connectivity index (χ4n) is 2.82. The molecule has 0 saturated heterocycles. The van der Waals surface area contributed by atoms with Crippen molar-refractivity contribution in [3.63, 3.8) is 0 Å². The number of benzene rings is 2. The Balaban J connectivity index is 1.81. The lowest BCUT2D eigenvalue weighted by Gasteiger charge is -2.19. The van der Waals surface area contributed by atoms with Gasteiger partial charge >= 0.3 is 6.09 Å². The van der Waals surface area contributed by atoms with Gasteiger partial charge < -0.3 is 20.4 Å². The first-order chi connectivity index (χ1) is 14.9. The van der Waals surface area contributed by atoms with Crippen LogP contribution in [0.3, 0.4) is 0 Å². The third kappa shape index (κ3) is 5.50. The van der Waals surface area contributed by atoms with Gasteiger partial charge in [0.25, 0.3) is 5.91 Å². The number of amides is 2. The number of halogens is 4.